The summed E-state index contributed by atoms with van der Waals surface area (Å²) >= 11 is 0.935. The average molecular weight is 721 g/mol. The molecule has 5 aliphatic heterocycles. The van der Waals surface area contributed by atoms with Crippen LogP contribution in [0, 0.1) is 23.0 Å². The van der Waals surface area contributed by atoms with Gasteiger partial charge in [-0.15, -0.1) is 11.3 Å². The van der Waals surface area contributed by atoms with Gasteiger partial charge in [0.25, 0.3) is 0 Å². The Hall–Kier alpha value is -3.81. The summed E-state index contributed by atoms with van der Waals surface area (Å²) < 4.78 is 65.4. The maximum absolute atomic E-state index is 17.5. The number of nitrogens with zero attached hydrogens (tertiary/aromatic N) is 7. The van der Waals surface area contributed by atoms with Gasteiger partial charge in [0.2, 0.25) is 0 Å². The second-order valence-electron chi connectivity index (χ2n) is 14.7. The van der Waals surface area contributed by atoms with Crippen molar-refractivity contribution in [1.82, 2.24) is 24.8 Å². The minimum absolute atomic E-state index is 0.0225. The number of pyridine rings is 1. The number of alkyl halides is 1. The number of nitrogens with two attached hydrogens (primary N) is 1. The first kappa shape index (κ1) is 33.1. The smallest absolute Gasteiger partial charge is 0.319 e. The quantitative estimate of drug-likeness (QED) is 0.255. The third-order valence-electron chi connectivity index (χ3n) is 11.8. The topological polar surface area (TPSA) is 126 Å². The van der Waals surface area contributed by atoms with E-state index in [2.05, 4.69) is 32.7 Å². The Morgan fingerprint density at radius 1 is 1.16 bits per heavy atom. The molecule has 0 radical (unpaired) electrons. The lowest BCUT2D eigenvalue weighted by molar-refractivity contribution is 0.0686. The number of likely N-dealkylation sites (tertiary alicyclic amines) is 1. The number of ether oxygens (including phenoxy) is 3. The number of hydrogen-bond acceptors (Lipinski definition) is 12. The van der Waals surface area contributed by atoms with Crippen LogP contribution in [-0.4, -0.2) is 101 Å². The van der Waals surface area contributed by atoms with Crippen molar-refractivity contribution in [2.75, 3.05) is 57.1 Å². The maximum Gasteiger partial charge on any atom is 0.319 e. The van der Waals surface area contributed by atoms with E-state index in [1.807, 2.05) is 0 Å². The molecular formula is C36H39F3N8O3S. The third-order valence-corrected chi connectivity index (χ3v) is 12.8. The van der Waals surface area contributed by atoms with Crippen molar-refractivity contribution in [3.63, 3.8) is 0 Å². The zero-order chi connectivity index (χ0) is 35.2. The van der Waals surface area contributed by atoms with Crippen LogP contribution in [0.5, 0.6) is 6.01 Å². The summed E-state index contributed by atoms with van der Waals surface area (Å²) in [6, 6.07) is 2.34. The van der Waals surface area contributed by atoms with Crippen LogP contribution in [0.1, 0.15) is 55.7 Å². The molecule has 11 nitrogen and oxygen atoms in total. The molecule has 4 saturated heterocycles. The molecule has 4 fully saturated rings. The van der Waals surface area contributed by atoms with E-state index in [1.165, 1.54) is 0 Å². The third kappa shape index (κ3) is 5.16. The van der Waals surface area contributed by atoms with Gasteiger partial charge in [-0.25, -0.2) is 13.2 Å². The highest BCUT2D eigenvalue weighted by atomic mass is 32.1. The maximum atomic E-state index is 17.5. The van der Waals surface area contributed by atoms with Crippen LogP contribution < -0.4 is 15.4 Å². The summed E-state index contributed by atoms with van der Waals surface area (Å²) in [5, 5.41) is 10.9. The summed E-state index contributed by atoms with van der Waals surface area (Å²) in [6.07, 6.45) is 4.23. The number of fused-ring (bicyclic) bond motifs is 7. The minimum atomic E-state index is -0.929. The van der Waals surface area contributed by atoms with Crippen LogP contribution in [0.15, 0.2) is 6.20 Å². The van der Waals surface area contributed by atoms with Gasteiger partial charge in [0, 0.05) is 62.7 Å². The Balaban J connectivity index is 1.22. The number of hydrogen-bond donors (Lipinski definition) is 1. The summed E-state index contributed by atoms with van der Waals surface area (Å²) in [6.45, 7) is 6.13. The van der Waals surface area contributed by atoms with Gasteiger partial charge in [-0.05, 0) is 50.3 Å². The number of nitrogen functional groups attached to an aromatic ring is 1. The molecule has 2 bridgehead atoms. The van der Waals surface area contributed by atoms with E-state index in [-0.39, 0.29) is 81.4 Å². The second-order valence-corrected chi connectivity index (χ2v) is 15.8. The van der Waals surface area contributed by atoms with Gasteiger partial charge in [-0.3, -0.25) is 14.8 Å². The number of benzene rings is 1. The fourth-order valence-electron chi connectivity index (χ4n) is 9.45. The normalized spacial score (nSPS) is 26.7. The molecule has 5 atom stereocenters. The molecule has 268 valence electrons. The molecule has 15 heteroatoms. The fraction of sp³-hybridized carbons (Fsp3) is 0.556. The summed E-state index contributed by atoms with van der Waals surface area (Å²) in [7, 11) is 1.72. The van der Waals surface area contributed by atoms with Crippen molar-refractivity contribution in [1.29, 1.82) is 5.26 Å². The average Bonchev–Trinajstić information content (AvgIpc) is 3.92. The predicted molar refractivity (Wildman–Crippen MR) is 186 cm³/mol. The van der Waals surface area contributed by atoms with Crippen LogP contribution in [0.4, 0.5) is 24.0 Å². The molecule has 2 unspecified atom stereocenters. The predicted octanol–water partition coefficient (Wildman–Crippen LogP) is 5.31. The van der Waals surface area contributed by atoms with Crippen LogP contribution >= 0.6 is 11.3 Å². The van der Waals surface area contributed by atoms with Gasteiger partial charge in [0.1, 0.15) is 35.2 Å². The molecule has 1 aromatic carbocycles. The SMILES string of the molecule is CO[C@H](C)CN1CC2CCC(C1)N2c1nc(OC[C@@]23CCCN2C[C@H](F)C3)nc2c(F)c(-c3ncc(F)c4sc(N)c(C#N)c34)c3c(c12)COC3. The van der Waals surface area contributed by atoms with E-state index in [1.54, 1.807) is 7.11 Å². The molecular weight excluding hydrogens is 682 g/mol. The Bertz CT molecular complexity index is 2100. The molecule has 0 aliphatic carbocycles. The van der Waals surface area contributed by atoms with E-state index in [0.717, 1.165) is 75.0 Å². The van der Waals surface area contributed by atoms with E-state index < -0.39 is 23.3 Å². The van der Waals surface area contributed by atoms with Crippen LogP contribution in [0.3, 0.4) is 0 Å². The minimum Gasteiger partial charge on any atom is -0.461 e. The number of anilines is 2. The molecule has 4 aromatic rings. The van der Waals surface area contributed by atoms with Crippen LogP contribution in [0.25, 0.3) is 32.2 Å². The lowest BCUT2D eigenvalue weighted by atomic mass is 9.93. The standard InChI is InChI=1S/C36H39F3N8O3S/c1-18(48-2)11-45-13-20-4-5-21(14-45)47(20)34-28-24-16-49-15-23(24)26(30-27-22(9-40)33(41)51-32(27)25(38)10-42-30)29(39)31(28)43-35(44-34)50-17-36-6-3-7-46(36)12-19(37)8-36/h10,18-21H,3-8,11-17,41H2,1-2H3/t18-,19-,20?,21?,36+/m1/s1. The molecule has 0 saturated carbocycles. The van der Waals surface area contributed by atoms with Gasteiger partial charge in [0.15, 0.2) is 11.6 Å². The molecule has 8 heterocycles. The number of rotatable bonds is 8. The van der Waals surface area contributed by atoms with Gasteiger partial charge in [0.05, 0.1) is 52.4 Å². The number of thiophene rings is 1. The highest BCUT2D eigenvalue weighted by Crippen LogP contribution is 2.48. The second kappa shape index (κ2) is 12.4. The molecule has 9 rings (SSSR count). The highest BCUT2D eigenvalue weighted by Gasteiger charge is 2.50. The van der Waals surface area contributed by atoms with Gasteiger partial charge >= 0.3 is 6.01 Å². The molecule has 2 N–H and O–H groups in total. The molecule has 51 heavy (non-hydrogen) atoms. The van der Waals surface area contributed by atoms with E-state index in [0.29, 0.717) is 29.7 Å². The van der Waals surface area contributed by atoms with Crippen molar-refractivity contribution in [2.24, 2.45) is 0 Å². The Morgan fingerprint density at radius 3 is 2.71 bits per heavy atom. The lowest BCUT2D eigenvalue weighted by Crippen LogP contribution is -2.55. The van der Waals surface area contributed by atoms with Crippen molar-refractivity contribution in [2.45, 2.75) is 82.1 Å². The molecule has 0 spiro atoms. The van der Waals surface area contributed by atoms with Crippen LogP contribution in [0.2, 0.25) is 0 Å². The zero-order valence-corrected chi connectivity index (χ0v) is 29.4. The van der Waals surface area contributed by atoms with Gasteiger partial charge < -0.3 is 24.8 Å². The molecule has 3 aromatic heterocycles. The van der Waals surface area contributed by atoms with Crippen LogP contribution in [-0.2, 0) is 22.7 Å². The molecule has 0 amide bonds. The van der Waals surface area contributed by atoms with Crippen molar-refractivity contribution in [3.8, 4) is 23.3 Å². The number of piperazine rings is 1. The largest absolute Gasteiger partial charge is 0.461 e. The number of aromatic nitrogens is 3. The van der Waals surface area contributed by atoms with E-state index in [4.69, 9.17) is 29.9 Å². The van der Waals surface area contributed by atoms with Gasteiger partial charge in [-0.1, -0.05) is 0 Å². The Kier molecular flexibility index (Phi) is 8.04. The Morgan fingerprint density at radius 2 is 1.94 bits per heavy atom. The molecule has 5 aliphatic rings. The fourth-order valence-corrected chi connectivity index (χ4v) is 10.4. The first-order valence-electron chi connectivity index (χ1n) is 17.6. The van der Waals surface area contributed by atoms with Crippen molar-refractivity contribution >= 4 is 43.1 Å². The summed E-state index contributed by atoms with van der Waals surface area (Å²) in [5.41, 5.74) is 7.30. The van der Waals surface area contributed by atoms with Gasteiger partial charge in [-0.2, -0.15) is 15.2 Å². The summed E-state index contributed by atoms with van der Waals surface area (Å²) in [4.78, 5) is 21.1. The van der Waals surface area contributed by atoms with Crippen molar-refractivity contribution in [3.05, 3.63) is 34.5 Å². The summed E-state index contributed by atoms with van der Waals surface area (Å²) in [5.74, 6) is -0.722. The van der Waals surface area contributed by atoms with E-state index >= 15 is 8.78 Å². The number of nitriles is 1. The van der Waals surface area contributed by atoms with E-state index in [9.17, 15) is 9.65 Å². The first-order chi connectivity index (χ1) is 24.7. The zero-order valence-electron chi connectivity index (χ0n) is 28.6. The monoisotopic (exact) mass is 720 g/mol. The Labute approximate surface area is 297 Å². The first-order valence-corrected chi connectivity index (χ1v) is 18.5. The van der Waals surface area contributed by atoms with Crippen molar-refractivity contribution < 1.29 is 27.4 Å². The highest BCUT2D eigenvalue weighted by molar-refractivity contribution is 7.23. The number of halogens is 3. The lowest BCUT2D eigenvalue weighted by Gasteiger charge is -2.43. The number of methoxy groups -OCH3 is 1.